The van der Waals surface area contributed by atoms with E-state index in [9.17, 15) is 14.4 Å². The first-order chi connectivity index (χ1) is 15.9. The Labute approximate surface area is 199 Å². The first-order valence-corrected chi connectivity index (χ1v) is 11.3. The van der Waals surface area contributed by atoms with Crippen molar-refractivity contribution in [2.24, 2.45) is 0 Å². The number of hydrogen-bond acceptors (Lipinski definition) is 7. The number of likely N-dealkylation sites (tertiary alicyclic amines) is 1. The average molecular weight is 469 g/mol. The lowest BCUT2D eigenvalue weighted by Gasteiger charge is -2.34. The monoisotopic (exact) mass is 468 g/mol. The number of nitrogens with zero attached hydrogens (tertiary/aromatic N) is 2. The summed E-state index contributed by atoms with van der Waals surface area (Å²) in [4.78, 5) is 43.1. The van der Waals surface area contributed by atoms with Crippen molar-refractivity contribution in [1.82, 2.24) is 9.88 Å². The van der Waals surface area contributed by atoms with Crippen LogP contribution < -0.4 is 0 Å². The average Bonchev–Trinajstić information content (AvgIpc) is 3.20. The van der Waals surface area contributed by atoms with E-state index in [4.69, 9.17) is 14.2 Å². The number of esters is 2. The lowest BCUT2D eigenvalue weighted by atomic mass is 9.94. The summed E-state index contributed by atoms with van der Waals surface area (Å²) >= 11 is 0. The predicted octanol–water partition coefficient (Wildman–Crippen LogP) is 4.81. The van der Waals surface area contributed by atoms with E-state index in [-0.39, 0.29) is 5.97 Å². The van der Waals surface area contributed by atoms with E-state index in [2.05, 4.69) is 4.98 Å². The number of carbonyl (C=O) groups excluding carboxylic acids is 3. The summed E-state index contributed by atoms with van der Waals surface area (Å²) in [5.41, 5.74) is 0.237. The van der Waals surface area contributed by atoms with Gasteiger partial charge in [-0.25, -0.2) is 14.6 Å². The summed E-state index contributed by atoms with van der Waals surface area (Å²) in [5, 5.41) is 0.926. The molecule has 1 aromatic heterocycles. The second-order valence-corrected chi connectivity index (χ2v) is 9.42. The van der Waals surface area contributed by atoms with Gasteiger partial charge in [0.1, 0.15) is 11.7 Å². The van der Waals surface area contributed by atoms with Crippen molar-refractivity contribution in [3.8, 4) is 0 Å². The highest BCUT2D eigenvalue weighted by Crippen LogP contribution is 2.34. The van der Waals surface area contributed by atoms with Crippen LogP contribution >= 0.6 is 0 Å². The smallest absolute Gasteiger partial charge is 0.411 e. The molecule has 0 N–H and O–H groups in total. The highest BCUT2D eigenvalue weighted by molar-refractivity contribution is 5.90. The van der Waals surface area contributed by atoms with Crippen LogP contribution in [0.15, 0.2) is 36.4 Å². The van der Waals surface area contributed by atoms with Gasteiger partial charge in [0.15, 0.2) is 5.54 Å². The number of benzene rings is 1. The fourth-order valence-corrected chi connectivity index (χ4v) is 4.07. The van der Waals surface area contributed by atoms with Crippen LogP contribution in [-0.4, -0.2) is 52.7 Å². The highest BCUT2D eigenvalue weighted by Gasteiger charge is 2.50. The summed E-state index contributed by atoms with van der Waals surface area (Å²) in [6.07, 6.45) is 3.57. The number of fused-ring (bicyclic) bond motifs is 1. The first-order valence-electron chi connectivity index (χ1n) is 11.3. The molecule has 0 saturated carbocycles. The van der Waals surface area contributed by atoms with Crippen molar-refractivity contribution in [2.75, 3.05) is 13.7 Å². The zero-order chi connectivity index (χ0) is 25.1. The summed E-state index contributed by atoms with van der Waals surface area (Å²) in [5.74, 6) is -0.881. The zero-order valence-electron chi connectivity index (χ0n) is 20.6. The molecule has 2 aromatic rings. The fourth-order valence-electron chi connectivity index (χ4n) is 4.07. The molecule has 2 unspecified atom stereocenters. The molecule has 1 fully saturated rings. The van der Waals surface area contributed by atoms with Crippen LogP contribution in [0.25, 0.3) is 17.0 Å². The lowest BCUT2D eigenvalue weighted by molar-refractivity contribution is -0.150. The van der Waals surface area contributed by atoms with E-state index in [1.54, 1.807) is 39.8 Å². The third-order valence-corrected chi connectivity index (χ3v) is 5.62. The molecule has 1 aromatic carbocycles. The van der Waals surface area contributed by atoms with Gasteiger partial charge in [-0.05, 0) is 64.3 Å². The van der Waals surface area contributed by atoms with Gasteiger partial charge in [0.05, 0.1) is 18.3 Å². The van der Waals surface area contributed by atoms with E-state index in [1.807, 2.05) is 30.3 Å². The predicted molar refractivity (Wildman–Crippen MR) is 128 cm³/mol. The summed E-state index contributed by atoms with van der Waals surface area (Å²) < 4.78 is 15.9. The molecule has 1 aliphatic heterocycles. The van der Waals surface area contributed by atoms with Gasteiger partial charge in [-0.1, -0.05) is 24.3 Å². The molecule has 1 amide bonds. The van der Waals surface area contributed by atoms with Gasteiger partial charge in [0.2, 0.25) is 0 Å². The van der Waals surface area contributed by atoms with Gasteiger partial charge in [0.25, 0.3) is 0 Å². The SMILES string of the molecule is COC(=O)C1(C=Cc2ccc3ccc(C(C)OC(C)=O)nc3c2)CCCN1C(=O)OC(C)(C)C. The molecule has 1 saturated heterocycles. The number of aromatic nitrogens is 1. The van der Waals surface area contributed by atoms with Crippen molar-refractivity contribution in [1.29, 1.82) is 0 Å². The second-order valence-electron chi connectivity index (χ2n) is 9.42. The summed E-state index contributed by atoms with van der Waals surface area (Å²) in [7, 11) is 1.31. The Morgan fingerprint density at radius 2 is 1.88 bits per heavy atom. The van der Waals surface area contributed by atoms with E-state index < -0.39 is 29.3 Å². The zero-order valence-corrected chi connectivity index (χ0v) is 20.6. The van der Waals surface area contributed by atoms with Crippen LogP contribution in [0.2, 0.25) is 0 Å². The summed E-state index contributed by atoms with van der Waals surface area (Å²) in [6.45, 7) is 8.89. The molecule has 0 bridgehead atoms. The molecule has 34 heavy (non-hydrogen) atoms. The van der Waals surface area contributed by atoms with Crippen molar-refractivity contribution in [3.05, 3.63) is 47.7 Å². The quantitative estimate of drug-likeness (QED) is 0.459. The number of methoxy groups -OCH3 is 1. The Morgan fingerprint density at radius 1 is 1.18 bits per heavy atom. The third-order valence-electron chi connectivity index (χ3n) is 5.62. The van der Waals surface area contributed by atoms with Crippen LogP contribution in [0.3, 0.4) is 0 Å². The molecule has 2 atom stereocenters. The van der Waals surface area contributed by atoms with Gasteiger partial charge in [-0.2, -0.15) is 0 Å². The molecule has 8 nitrogen and oxygen atoms in total. The van der Waals surface area contributed by atoms with Gasteiger partial charge in [-0.15, -0.1) is 0 Å². The second kappa shape index (κ2) is 9.83. The largest absolute Gasteiger partial charge is 0.467 e. The Kier molecular flexibility index (Phi) is 7.29. The first kappa shape index (κ1) is 25.2. The minimum Gasteiger partial charge on any atom is -0.467 e. The molecule has 3 rings (SSSR count). The van der Waals surface area contributed by atoms with Crippen molar-refractivity contribution in [2.45, 2.75) is 64.7 Å². The molecule has 0 aliphatic carbocycles. The van der Waals surface area contributed by atoms with Crippen LogP contribution in [-0.2, 0) is 23.8 Å². The van der Waals surface area contributed by atoms with Crippen LogP contribution in [0.4, 0.5) is 4.79 Å². The fraction of sp³-hybridized carbons (Fsp3) is 0.462. The maximum atomic E-state index is 12.9. The number of ether oxygens (including phenoxy) is 3. The third kappa shape index (κ3) is 5.55. The topological polar surface area (TPSA) is 95.0 Å². The highest BCUT2D eigenvalue weighted by atomic mass is 16.6. The van der Waals surface area contributed by atoms with E-state index >= 15 is 0 Å². The molecule has 1 aliphatic rings. The van der Waals surface area contributed by atoms with Crippen molar-refractivity contribution in [3.63, 3.8) is 0 Å². The van der Waals surface area contributed by atoms with E-state index in [0.29, 0.717) is 25.1 Å². The number of carbonyl (C=O) groups is 3. The molecule has 0 radical (unpaired) electrons. The van der Waals surface area contributed by atoms with Gasteiger partial charge < -0.3 is 14.2 Å². The van der Waals surface area contributed by atoms with Gasteiger partial charge in [-0.3, -0.25) is 9.69 Å². The molecule has 182 valence electrons. The molecule has 0 spiro atoms. The number of amides is 1. The molecule has 8 heteroatoms. The minimum absolute atomic E-state index is 0.370. The minimum atomic E-state index is -1.24. The normalized spacial score (nSPS) is 19.3. The molecule has 2 heterocycles. The van der Waals surface area contributed by atoms with E-state index in [1.165, 1.54) is 18.9 Å². The van der Waals surface area contributed by atoms with Crippen LogP contribution in [0, 0.1) is 0 Å². The Hall–Kier alpha value is -3.42. The number of pyridine rings is 1. The summed E-state index contributed by atoms with van der Waals surface area (Å²) in [6, 6.07) is 9.46. The molecular formula is C26H32N2O6. The number of hydrogen-bond donors (Lipinski definition) is 0. The Bertz CT molecular complexity index is 1120. The van der Waals surface area contributed by atoms with Crippen molar-refractivity contribution >= 4 is 35.0 Å². The van der Waals surface area contributed by atoms with E-state index in [0.717, 1.165) is 16.5 Å². The maximum absolute atomic E-state index is 12.9. The standard InChI is InChI=1S/C26H32N2O6/c1-17(33-18(2)29)21-11-10-20-9-8-19(16-22(20)27-21)12-14-26(23(30)32-6)13-7-15-28(26)24(31)34-25(3,4)5/h8-12,14,16-17H,7,13,15H2,1-6H3. The number of rotatable bonds is 5. The van der Waals surface area contributed by atoms with Crippen molar-refractivity contribution < 1.29 is 28.6 Å². The lowest BCUT2D eigenvalue weighted by Crippen LogP contribution is -2.53. The van der Waals surface area contributed by atoms with Crippen LogP contribution in [0.1, 0.15) is 64.8 Å². The Balaban J connectivity index is 1.94. The maximum Gasteiger partial charge on any atom is 0.411 e. The Morgan fingerprint density at radius 3 is 2.53 bits per heavy atom. The van der Waals surface area contributed by atoms with Crippen LogP contribution in [0.5, 0.6) is 0 Å². The molecular weight excluding hydrogens is 436 g/mol. The van der Waals surface area contributed by atoms with Gasteiger partial charge in [0, 0.05) is 18.9 Å². The van der Waals surface area contributed by atoms with Gasteiger partial charge >= 0.3 is 18.0 Å².